The van der Waals surface area contributed by atoms with Gasteiger partial charge in [-0.25, -0.2) is 0 Å². The Morgan fingerprint density at radius 1 is 1.29 bits per heavy atom. The lowest BCUT2D eigenvalue weighted by atomic mass is 9.78. The van der Waals surface area contributed by atoms with E-state index in [0.717, 1.165) is 30.5 Å². The van der Waals surface area contributed by atoms with Crippen LogP contribution in [0.1, 0.15) is 35.2 Å². The van der Waals surface area contributed by atoms with Crippen LogP contribution in [0.25, 0.3) is 0 Å². The molecule has 6 heteroatoms. The summed E-state index contributed by atoms with van der Waals surface area (Å²) in [6.07, 6.45) is 6.37. The van der Waals surface area contributed by atoms with Gasteiger partial charge in [0.1, 0.15) is 6.04 Å². The minimum absolute atomic E-state index is 0.0816. The van der Waals surface area contributed by atoms with Crippen LogP contribution >= 0.6 is 0 Å². The minimum atomic E-state index is -0.418. The molecule has 124 valence electrons. The van der Waals surface area contributed by atoms with E-state index in [1.165, 1.54) is 0 Å². The van der Waals surface area contributed by atoms with Crippen LogP contribution in [0.15, 0.2) is 36.7 Å². The summed E-state index contributed by atoms with van der Waals surface area (Å²) in [6, 6.07) is 7.27. The fourth-order valence-corrected chi connectivity index (χ4v) is 3.53. The summed E-state index contributed by atoms with van der Waals surface area (Å²) >= 11 is 0. The molecule has 0 unspecified atom stereocenters. The summed E-state index contributed by atoms with van der Waals surface area (Å²) in [5.74, 6) is 0.0219. The van der Waals surface area contributed by atoms with Crippen molar-refractivity contribution >= 4 is 17.5 Å². The Morgan fingerprint density at radius 3 is 2.75 bits per heavy atom. The van der Waals surface area contributed by atoms with Gasteiger partial charge in [-0.05, 0) is 30.4 Å². The van der Waals surface area contributed by atoms with E-state index in [0.29, 0.717) is 12.1 Å². The first-order valence-electron chi connectivity index (χ1n) is 8.32. The highest BCUT2D eigenvalue weighted by Gasteiger charge is 2.41. The quantitative estimate of drug-likeness (QED) is 0.921. The van der Waals surface area contributed by atoms with Crippen molar-refractivity contribution in [2.45, 2.75) is 31.8 Å². The topological polar surface area (TPSA) is 67.2 Å². The molecular weight excluding hydrogens is 304 g/mol. The lowest BCUT2D eigenvalue weighted by molar-refractivity contribution is -0.123. The maximum Gasteiger partial charge on any atom is 0.258 e. The number of rotatable bonds is 2. The average molecular weight is 324 g/mol. The van der Waals surface area contributed by atoms with E-state index in [1.54, 1.807) is 29.0 Å². The Morgan fingerprint density at radius 2 is 2.08 bits per heavy atom. The molecule has 1 aliphatic heterocycles. The second kappa shape index (κ2) is 5.78. The second-order valence-electron chi connectivity index (χ2n) is 6.62. The van der Waals surface area contributed by atoms with Crippen molar-refractivity contribution < 1.29 is 9.59 Å². The van der Waals surface area contributed by atoms with Crippen LogP contribution in [0.2, 0.25) is 0 Å². The molecule has 0 saturated heterocycles. The molecule has 1 atom stereocenters. The molecule has 1 aliphatic carbocycles. The summed E-state index contributed by atoms with van der Waals surface area (Å²) in [5.41, 5.74) is 2.28. The number of aromatic nitrogens is 2. The fraction of sp³-hybridized carbons (Fsp3) is 0.389. The molecule has 1 N–H and O–H groups in total. The predicted octanol–water partition coefficient (Wildman–Crippen LogP) is 2.18. The molecule has 1 aromatic carbocycles. The molecule has 1 saturated carbocycles. The van der Waals surface area contributed by atoms with Crippen LogP contribution in [-0.4, -0.2) is 32.5 Å². The third-order valence-electron chi connectivity index (χ3n) is 5.03. The van der Waals surface area contributed by atoms with E-state index in [9.17, 15) is 9.59 Å². The van der Waals surface area contributed by atoms with E-state index in [1.807, 2.05) is 24.3 Å². The largest absolute Gasteiger partial charge is 0.324 e. The van der Waals surface area contributed by atoms with Crippen molar-refractivity contribution in [3.63, 3.8) is 0 Å². The predicted molar refractivity (Wildman–Crippen MR) is 89.3 cm³/mol. The van der Waals surface area contributed by atoms with Gasteiger partial charge in [0.2, 0.25) is 5.91 Å². The number of para-hydroxylation sites is 1. The Balaban J connectivity index is 1.74. The number of anilines is 1. The van der Waals surface area contributed by atoms with Crippen molar-refractivity contribution in [3.05, 3.63) is 47.8 Å². The molecule has 6 nitrogen and oxygen atoms in total. The lowest BCUT2D eigenvalue weighted by Gasteiger charge is -2.38. The van der Waals surface area contributed by atoms with Crippen LogP contribution in [0.3, 0.4) is 0 Å². The van der Waals surface area contributed by atoms with Crippen molar-refractivity contribution in [2.24, 2.45) is 13.0 Å². The molecule has 0 bridgehead atoms. The number of amides is 2. The van der Waals surface area contributed by atoms with E-state index in [-0.39, 0.29) is 17.7 Å². The second-order valence-corrected chi connectivity index (χ2v) is 6.62. The zero-order chi connectivity index (χ0) is 16.7. The molecule has 2 amide bonds. The van der Waals surface area contributed by atoms with Crippen molar-refractivity contribution in [1.82, 2.24) is 14.7 Å². The normalized spacial score (nSPS) is 20.8. The highest BCUT2D eigenvalue weighted by Crippen LogP contribution is 2.36. The van der Waals surface area contributed by atoms with Gasteiger partial charge in [0.25, 0.3) is 5.91 Å². The molecule has 1 fully saturated rings. The number of hydrogen-bond donors (Lipinski definition) is 1. The van der Waals surface area contributed by atoms with E-state index < -0.39 is 6.04 Å². The van der Waals surface area contributed by atoms with Crippen molar-refractivity contribution in [3.8, 4) is 0 Å². The SMILES string of the molecule is Cn1cc(C(=O)N2Cc3ccccc3NC(=O)[C@@H]2C2CCC2)cn1. The maximum atomic E-state index is 13.1. The minimum Gasteiger partial charge on any atom is -0.324 e. The first kappa shape index (κ1) is 14.9. The Hall–Kier alpha value is -2.63. The molecule has 4 rings (SSSR count). The summed E-state index contributed by atoms with van der Waals surface area (Å²) < 4.78 is 1.61. The Bertz CT molecular complexity index is 794. The molecule has 0 radical (unpaired) electrons. The van der Waals surface area contributed by atoms with Crippen LogP contribution in [-0.2, 0) is 18.4 Å². The summed E-state index contributed by atoms with van der Waals surface area (Å²) in [5, 5.41) is 7.10. The highest BCUT2D eigenvalue weighted by molar-refractivity contribution is 6.02. The molecule has 24 heavy (non-hydrogen) atoms. The number of fused-ring (bicyclic) bond motifs is 1. The van der Waals surface area contributed by atoms with Gasteiger partial charge < -0.3 is 10.2 Å². The van der Waals surface area contributed by atoms with E-state index in [4.69, 9.17) is 0 Å². The standard InChI is InChI=1S/C18H20N4O2/c1-21-10-14(9-19-21)18(24)22-11-13-5-2-3-8-15(13)20-17(23)16(22)12-6-4-7-12/h2-3,5,8-10,12,16H,4,6-7,11H2,1H3,(H,20,23)/t16-/m0/s1. The average Bonchev–Trinajstić information content (AvgIpc) is 2.90. The van der Waals surface area contributed by atoms with Crippen LogP contribution in [0.4, 0.5) is 5.69 Å². The zero-order valence-corrected chi connectivity index (χ0v) is 13.6. The van der Waals surface area contributed by atoms with Crippen LogP contribution < -0.4 is 5.32 Å². The summed E-state index contributed by atoms with van der Waals surface area (Å²) in [6.45, 7) is 0.434. The van der Waals surface area contributed by atoms with Gasteiger partial charge in [0.05, 0.1) is 11.8 Å². The molecule has 0 spiro atoms. The molecule has 2 heterocycles. The van der Waals surface area contributed by atoms with Gasteiger partial charge in [-0.1, -0.05) is 24.6 Å². The van der Waals surface area contributed by atoms with Gasteiger partial charge in [-0.15, -0.1) is 0 Å². The van der Waals surface area contributed by atoms with E-state index in [2.05, 4.69) is 10.4 Å². The number of carbonyl (C=O) groups excluding carboxylic acids is 2. The van der Waals surface area contributed by atoms with Gasteiger partial charge >= 0.3 is 0 Å². The van der Waals surface area contributed by atoms with Gasteiger partial charge in [-0.3, -0.25) is 14.3 Å². The van der Waals surface area contributed by atoms with Crippen molar-refractivity contribution in [2.75, 3.05) is 5.32 Å². The zero-order valence-electron chi connectivity index (χ0n) is 13.6. The monoisotopic (exact) mass is 324 g/mol. The molecule has 2 aromatic rings. The van der Waals surface area contributed by atoms with Crippen LogP contribution in [0.5, 0.6) is 0 Å². The van der Waals surface area contributed by atoms with Gasteiger partial charge in [0, 0.05) is 25.5 Å². The first-order valence-corrected chi connectivity index (χ1v) is 8.32. The molecule has 1 aromatic heterocycles. The molecule has 2 aliphatic rings. The Kier molecular flexibility index (Phi) is 3.59. The maximum absolute atomic E-state index is 13.1. The van der Waals surface area contributed by atoms with Crippen LogP contribution in [0, 0.1) is 5.92 Å². The summed E-state index contributed by atoms with van der Waals surface area (Å²) in [4.78, 5) is 27.6. The Labute approximate surface area is 140 Å². The van der Waals surface area contributed by atoms with Gasteiger partial charge in [0.15, 0.2) is 0 Å². The molecular formula is C18H20N4O2. The number of nitrogens with zero attached hydrogens (tertiary/aromatic N) is 3. The number of nitrogens with one attached hydrogen (secondary N) is 1. The smallest absolute Gasteiger partial charge is 0.258 e. The highest BCUT2D eigenvalue weighted by atomic mass is 16.2. The van der Waals surface area contributed by atoms with Crippen molar-refractivity contribution in [1.29, 1.82) is 0 Å². The fourth-order valence-electron chi connectivity index (χ4n) is 3.53. The lowest BCUT2D eigenvalue weighted by Crippen LogP contribution is -2.51. The number of benzene rings is 1. The number of hydrogen-bond acceptors (Lipinski definition) is 3. The summed E-state index contributed by atoms with van der Waals surface area (Å²) in [7, 11) is 1.78. The third-order valence-corrected chi connectivity index (χ3v) is 5.03. The first-order chi connectivity index (χ1) is 11.6. The number of carbonyl (C=O) groups is 2. The van der Waals surface area contributed by atoms with E-state index >= 15 is 0 Å². The van der Waals surface area contributed by atoms with Gasteiger partial charge in [-0.2, -0.15) is 5.10 Å². The number of aryl methyl sites for hydroxylation is 1. The third kappa shape index (κ3) is 2.48.